The Morgan fingerprint density at radius 2 is 1.63 bits per heavy atom. The van der Waals surface area contributed by atoms with E-state index in [1.165, 1.54) is 57.8 Å². The van der Waals surface area contributed by atoms with Crippen molar-refractivity contribution in [2.45, 2.75) is 123 Å². The first-order valence-corrected chi connectivity index (χ1v) is 11.7. The highest BCUT2D eigenvalue weighted by molar-refractivity contribution is 5.72. The summed E-state index contributed by atoms with van der Waals surface area (Å²) in [5, 5.41) is 9.73. The summed E-state index contributed by atoms with van der Waals surface area (Å²) >= 11 is 0. The lowest BCUT2D eigenvalue weighted by molar-refractivity contribution is -0.158. The number of rotatable bonds is 10. The Morgan fingerprint density at radius 3 is 2.22 bits per heavy atom. The van der Waals surface area contributed by atoms with E-state index in [9.17, 15) is 10.1 Å². The molecule has 0 aliphatic heterocycles. The zero-order valence-electron chi connectivity index (χ0n) is 17.8. The van der Waals surface area contributed by atoms with Crippen LogP contribution in [0.25, 0.3) is 0 Å². The molecule has 0 bridgehead atoms. The molecule has 3 nitrogen and oxygen atoms in total. The van der Waals surface area contributed by atoms with Crippen LogP contribution in [-0.2, 0) is 9.53 Å². The van der Waals surface area contributed by atoms with Gasteiger partial charge in [0, 0.05) is 0 Å². The van der Waals surface area contributed by atoms with Gasteiger partial charge in [-0.05, 0) is 63.7 Å². The standard InChI is InChI=1S/C24H41NO2/c1-3-5-6-7-8-16-24(19-25)17-14-22(15-18-24)27-23(26)21-12-10-20(9-4-2)11-13-21/h20-22H,3-18H2,1-2H3. The minimum atomic E-state index is -0.159. The highest BCUT2D eigenvalue weighted by Crippen LogP contribution is 2.41. The van der Waals surface area contributed by atoms with Crippen LogP contribution in [0.1, 0.15) is 117 Å². The number of carbonyl (C=O) groups is 1. The molecule has 0 radical (unpaired) electrons. The minimum absolute atomic E-state index is 0.0407. The maximum atomic E-state index is 12.5. The van der Waals surface area contributed by atoms with Crippen LogP contribution in [0.2, 0.25) is 0 Å². The van der Waals surface area contributed by atoms with E-state index in [4.69, 9.17) is 4.74 Å². The van der Waals surface area contributed by atoms with Crippen molar-refractivity contribution in [2.24, 2.45) is 17.3 Å². The van der Waals surface area contributed by atoms with Gasteiger partial charge in [0.2, 0.25) is 0 Å². The first kappa shape index (κ1) is 22.3. The average molecular weight is 376 g/mol. The number of hydrogen-bond donors (Lipinski definition) is 0. The molecule has 0 aromatic carbocycles. The van der Waals surface area contributed by atoms with Crippen molar-refractivity contribution in [2.75, 3.05) is 0 Å². The maximum absolute atomic E-state index is 12.5. The normalized spacial score (nSPS) is 31.2. The lowest BCUT2D eigenvalue weighted by Crippen LogP contribution is -2.33. The molecule has 0 heterocycles. The first-order chi connectivity index (χ1) is 13.1. The smallest absolute Gasteiger partial charge is 0.309 e. The quantitative estimate of drug-likeness (QED) is 0.306. The lowest BCUT2D eigenvalue weighted by Gasteiger charge is -2.35. The lowest BCUT2D eigenvalue weighted by atomic mass is 9.71. The van der Waals surface area contributed by atoms with Gasteiger partial charge < -0.3 is 4.74 Å². The number of nitrogens with zero attached hydrogens (tertiary/aromatic N) is 1. The third-order valence-electron chi connectivity index (χ3n) is 7.05. The van der Waals surface area contributed by atoms with Crippen LogP contribution in [0.3, 0.4) is 0 Å². The van der Waals surface area contributed by atoms with Gasteiger partial charge in [0.05, 0.1) is 17.4 Å². The van der Waals surface area contributed by atoms with E-state index in [0.29, 0.717) is 0 Å². The van der Waals surface area contributed by atoms with Crippen LogP contribution in [0, 0.1) is 28.6 Å². The van der Waals surface area contributed by atoms with Crippen molar-refractivity contribution >= 4 is 5.97 Å². The minimum Gasteiger partial charge on any atom is -0.462 e. The molecule has 0 N–H and O–H groups in total. The predicted octanol–water partition coefficient (Wildman–Crippen LogP) is 6.95. The summed E-state index contributed by atoms with van der Waals surface area (Å²) in [5.74, 6) is 0.987. The molecule has 3 heteroatoms. The van der Waals surface area contributed by atoms with Gasteiger partial charge in [-0.3, -0.25) is 4.79 Å². The summed E-state index contributed by atoms with van der Waals surface area (Å²) in [5.41, 5.74) is -0.159. The molecule has 2 rings (SSSR count). The molecule has 0 amide bonds. The van der Waals surface area contributed by atoms with E-state index < -0.39 is 0 Å². The van der Waals surface area contributed by atoms with Crippen LogP contribution in [-0.4, -0.2) is 12.1 Å². The highest BCUT2D eigenvalue weighted by atomic mass is 16.5. The monoisotopic (exact) mass is 375 g/mol. The fraction of sp³-hybridized carbons (Fsp3) is 0.917. The molecule has 154 valence electrons. The molecule has 0 spiro atoms. The number of esters is 1. The van der Waals surface area contributed by atoms with Crippen LogP contribution in [0.5, 0.6) is 0 Å². The molecule has 2 aliphatic rings. The van der Waals surface area contributed by atoms with Crippen molar-refractivity contribution in [3.05, 3.63) is 0 Å². The molecular formula is C24H41NO2. The molecular weight excluding hydrogens is 334 g/mol. The molecule has 2 aliphatic carbocycles. The third kappa shape index (κ3) is 7.13. The van der Waals surface area contributed by atoms with Crippen LogP contribution < -0.4 is 0 Å². The van der Waals surface area contributed by atoms with Gasteiger partial charge in [-0.2, -0.15) is 5.26 Å². The van der Waals surface area contributed by atoms with Crippen molar-refractivity contribution in [3.63, 3.8) is 0 Å². The molecule has 0 aromatic heterocycles. The number of carbonyl (C=O) groups excluding carboxylic acids is 1. The Morgan fingerprint density at radius 1 is 0.963 bits per heavy atom. The average Bonchev–Trinajstić information content (AvgIpc) is 2.70. The van der Waals surface area contributed by atoms with Crippen LogP contribution in [0.4, 0.5) is 0 Å². The molecule has 0 aromatic rings. The number of ether oxygens (including phenoxy) is 1. The van der Waals surface area contributed by atoms with E-state index in [-0.39, 0.29) is 23.4 Å². The largest absolute Gasteiger partial charge is 0.462 e. The van der Waals surface area contributed by atoms with Crippen LogP contribution >= 0.6 is 0 Å². The summed E-state index contributed by atoms with van der Waals surface area (Å²) in [6.45, 7) is 4.48. The topological polar surface area (TPSA) is 50.1 Å². The summed E-state index contributed by atoms with van der Waals surface area (Å²) in [6, 6.07) is 2.62. The molecule has 0 unspecified atom stereocenters. The fourth-order valence-electron chi connectivity index (χ4n) is 5.10. The fourth-order valence-corrected chi connectivity index (χ4v) is 5.10. The maximum Gasteiger partial charge on any atom is 0.309 e. The van der Waals surface area contributed by atoms with Gasteiger partial charge in [-0.1, -0.05) is 58.8 Å². The predicted molar refractivity (Wildman–Crippen MR) is 110 cm³/mol. The molecule has 2 saturated carbocycles. The van der Waals surface area contributed by atoms with Gasteiger partial charge in [-0.15, -0.1) is 0 Å². The number of unbranched alkanes of at least 4 members (excludes halogenated alkanes) is 4. The van der Waals surface area contributed by atoms with Crippen molar-refractivity contribution in [1.29, 1.82) is 5.26 Å². The molecule has 0 atom stereocenters. The van der Waals surface area contributed by atoms with Crippen molar-refractivity contribution < 1.29 is 9.53 Å². The van der Waals surface area contributed by atoms with E-state index >= 15 is 0 Å². The molecule has 2 fully saturated rings. The van der Waals surface area contributed by atoms with Crippen molar-refractivity contribution in [3.8, 4) is 6.07 Å². The van der Waals surface area contributed by atoms with E-state index in [0.717, 1.165) is 50.9 Å². The Kier molecular flexibility index (Phi) is 9.66. The highest BCUT2D eigenvalue weighted by Gasteiger charge is 2.37. The Hall–Kier alpha value is -1.04. The second-order valence-electron chi connectivity index (χ2n) is 9.20. The Balaban J connectivity index is 1.68. The summed E-state index contributed by atoms with van der Waals surface area (Å²) in [4.78, 5) is 12.5. The van der Waals surface area contributed by atoms with E-state index in [1.54, 1.807) is 0 Å². The zero-order valence-corrected chi connectivity index (χ0v) is 17.8. The summed E-state index contributed by atoms with van der Waals surface area (Å²) in [7, 11) is 0. The van der Waals surface area contributed by atoms with E-state index in [1.807, 2.05) is 0 Å². The number of nitriles is 1. The summed E-state index contributed by atoms with van der Waals surface area (Å²) in [6.07, 6.45) is 17.8. The Labute approximate surface area is 167 Å². The van der Waals surface area contributed by atoms with Gasteiger partial charge >= 0.3 is 5.97 Å². The number of hydrogen-bond acceptors (Lipinski definition) is 3. The van der Waals surface area contributed by atoms with E-state index in [2.05, 4.69) is 19.9 Å². The van der Waals surface area contributed by atoms with Gasteiger partial charge in [0.25, 0.3) is 0 Å². The van der Waals surface area contributed by atoms with Crippen LogP contribution in [0.15, 0.2) is 0 Å². The van der Waals surface area contributed by atoms with Gasteiger partial charge in [0.15, 0.2) is 0 Å². The second-order valence-corrected chi connectivity index (χ2v) is 9.20. The van der Waals surface area contributed by atoms with Gasteiger partial charge in [-0.25, -0.2) is 0 Å². The second kappa shape index (κ2) is 11.7. The SMILES string of the molecule is CCCCCCCC1(C#N)CCC(OC(=O)C2CCC(CCC)CC2)CC1. The first-order valence-electron chi connectivity index (χ1n) is 11.7. The third-order valence-corrected chi connectivity index (χ3v) is 7.05. The summed E-state index contributed by atoms with van der Waals surface area (Å²) < 4.78 is 5.87. The van der Waals surface area contributed by atoms with Gasteiger partial charge in [0.1, 0.15) is 6.10 Å². The van der Waals surface area contributed by atoms with Crippen molar-refractivity contribution in [1.82, 2.24) is 0 Å². The molecule has 0 saturated heterocycles. The Bertz CT molecular complexity index is 465. The zero-order chi connectivity index (χ0) is 19.5. The molecule has 27 heavy (non-hydrogen) atoms.